The molecule has 1 fully saturated rings. The molecule has 2 amide bonds. The molecule has 0 radical (unpaired) electrons. The van der Waals surface area contributed by atoms with Crippen molar-refractivity contribution in [1.29, 1.82) is 0 Å². The Balaban J connectivity index is 1.93. The summed E-state index contributed by atoms with van der Waals surface area (Å²) < 4.78 is 35.3. The van der Waals surface area contributed by atoms with E-state index in [1.807, 2.05) is 0 Å². The lowest BCUT2D eigenvalue weighted by molar-refractivity contribution is -0.137. The first kappa shape index (κ1) is 30.2. The predicted octanol–water partition coefficient (Wildman–Crippen LogP) is 7.99. The average molecular weight is 546 g/mol. The summed E-state index contributed by atoms with van der Waals surface area (Å²) in [6, 6.07) is 6.35. The van der Waals surface area contributed by atoms with E-state index in [0.29, 0.717) is 36.1 Å². The number of urea groups is 1. The number of carboxylic acids is 1. The summed E-state index contributed by atoms with van der Waals surface area (Å²) in [5, 5.41) is 18.1. The monoisotopic (exact) mass is 545 g/mol. The number of hydrogen-bond donors (Lipinski definition) is 4. The summed E-state index contributed by atoms with van der Waals surface area (Å²) >= 11 is 0. The molecule has 2 unspecified atom stereocenters. The molecule has 3 rings (SSSR count). The van der Waals surface area contributed by atoms with Crippen molar-refractivity contribution < 1.29 is 28.2 Å². The lowest BCUT2D eigenvalue weighted by Gasteiger charge is -2.35. The molecule has 9 heteroatoms. The van der Waals surface area contributed by atoms with Crippen LogP contribution in [0.25, 0.3) is 0 Å². The van der Waals surface area contributed by atoms with Crippen molar-refractivity contribution in [2.45, 2.75) is 84.6 Å². The maximum atomic E-state index is 15.4. The molecule has 2 aromatic carbocycles. The zero-order valence-electron chi connectivity index (χ0n) is 23.3. The van der Waals surface area contributed by atoms with Crippen molar-refractivity contribution >= 4 is 29.1 Å². The van der Waals surface area contributed by atoms with E-state index in [9.17, 15) is 19.1 Å². The Morgan fingerprint density at radius 3 is 2.26 bits per heavy atom. The molecule has 7 nitrogen and oxygen atoms in total. The topological polar surface area (TPSA) is 99.7 Å². The highest BCUT2D eigenvalue weighted by Gasteiger charge is 2.28. The summed E-state index contributed by atoms with van der Waals surface area (Å²) in [6.07, 6.45) is 5.84. The molecular weight excluding hydrogens is 504 g/mol. The van der Waals surface area contributed by atoms with Gasteiger partial charge in [-0.2, -0.15) is 0 Å². The first-order valence-electron chi connectivity index (χ1n) is 13.9. The number of halogens is 2. The number of anilines is 3. The van der Waals surface area contributed by atoms with E-state index in [1.165, 1.54) is 30.7 Å². The van der Waals surface area contributed by atoms with Crippen LogP contribution in [0.4, 0.5) is 30.6 Å². The SMILES string of the molecule is CCOc1ccc(NC(=O)Nc2cc(C(CC)CC(=O)O)c(F)cc2NC(C(C)C)C2CCCCC2)c(F)c1. The number of rotatable bonds is 12. The highest BCUT2D eigenvalue weighted by atomic mass is 19.1. The van der Waals surface area contributed by atoms with Crippen LogP contribution in [0.15, 0.2) is 30.3 Å². The predicted molar refractivity (Wildman–Crippen MR) is 151 cm³/mol. The van der Waals surface area contributed by atoms with E-state index >= 15 is 4.39 Å². The first-order chi connectivity index (χ1) is 18.6. The molecular formula is C30H41F2N3O4. The minimum atomic E-state index is -1.03. The normalized spacial score (nSPS) is 15.5. The minimum Gasteiger partial charge on any atom is -0.494 e. The van der Waals surface area contributed by atoms with Gasteiger partial charge in [0.15, 0.2) is 0 Å². The number of carboxylic acid groups (broad SMARTS) is 1. The Morgan fingerprint density at radius 2 is 1.67 bits per heavy atom. The highest BCUT2D eigenvalue weighted by molar-refractivity contribution is 6.02. The Hall–Kier alpha value is -3.36. The van der Waals surface area contributed by atoms with Crippen LogP contribution in [-0.2, 0) is 4.79 Å². The molecule has 0 aromatic heterocycles. The summed E-state index contributed by atoms with van der Waals surface area (Å²) in [6.45, 7) is 8.20. The van der Waals surface area contributed by atoms with Gasteiger partial charge in [0.25, 0.3) is 0 Å². The number of benzene rings is 2. The van der Waals surface area contributed by atoms with E-state index < -0.39 is 29.6 Å². The molecule has 214 valence electrons. The van der Waals surface area contributed by atoms with Gasteiger partial charge in [-0.15, -0.1) is 0 Å². The standard InChI is InChI=1S/C30H41F2N3O4/c1-5-19(14-28(36)37)22-16-26(35-30(38)34-25-13-12-21(39-6-2)15-24(25)32)27(17-23(22)31)33-29(18(3)4)20-10-8-7-9-11-20/h12-13,15-20,29,33H,5-11,14H2,1-4H3,(H,36,37)(H2,34,35,38). The maximum absolute atomic E-state index is 15.4. The smallest absolute Gasteiger partial charge is 0.323 e. The Bertz CT molecular complexity index is 1140. The molecule has 4 N–H and O–H groups in total. The van der Waals surface area contributed by atoms with Crippen molar-refractivity contribution in [3.63, 3.8) is 0 Å². The fourth-order valence-corrected chi connectivity index (χ4v) is 5.44. The minimum absolute atomic E-state index is 0.0348. The zero-order valence-corrected chi connectivity index (χ0v) is 23.3. The van der Waals surface area contributed by atoms with Crippen LogP contribution in [0.2, 0.25) is 0 Å². The largest absolute Gasteiger partial charge is 0.494 e. The van der Waals surface area contributed by atoms with Gasteiger partial charge in [0.2, 0.25) is 0 Å². The van der Waals surface area contributed by atoms with Crippen LogP contribution in [0.3, 0.4) is 0 Å². The lowest BCUT2D eigenvalue weighted by atomic mass is 9.79. The van der Waals surface area contributed by atoms with E-state index in [4.69, 9.17) is 4.74 Å². The van der Waals surface area contributed by atoms with Gasteiger partial charge >= 0.3 is 12.0 Å². The van der Waals surface area contributed by atoms with Crippen LogP contribution >= 0.6 is 0 Å². The third-order valence-electron chi connectivity index (χ3n) is 7.44. The van der Waals surface area contributed by atoms with E-state index in [1.54, 1.807) is 19.9 Å². The third-order valence-corrected chi connectivity index (χ3v) is 7.44. The lowest BCUT2D eigenvalue weighted by Crippen LogP contribution is -2.36. The second kappa shape index (κ2) is 14.1. The van der Waals surface area contributed by atoms with E-state index in [2.05, 4.69) is 29.8 Å². The number of carbonyl (C=O) groups is 2. The fraction of sp³-hybridized carbons (Fsp3) is 0.533. The molecule has 2 atom stereocenters. The van der Waals surface area contributed by atoms with Gasteiger partial charge < -0.3 is 25.8 Å². The van der Waals surface area contributed by atoms with Crippen molar-refractivity contribution in [3.05, 3.63) is 47.5 Å². The molecule has 1 saturated carbocycles. The van der Waals surface area contributed by atoms with Crippen LogP contribution < -0.4 is 20.7 Å². The molecule has 2 aromatic rings. The van der Waals surface area contributed by atoms with Crippen LogP contribution in [0.1, 0.15) is 84.1 Å². The quantitative estimate of drug-likeness (QED) is 0.217. The third kappa shape index (κ3) is 8.31. The second-order valence-electron chi connectivity index (χ2n) is 10.6. The van der Waals surface area contributed by atoms with Crippen LogP contribution in [-0.4, -0.2) is 29.8 Å². The van der Waals surface area contributed by atoms with Crippen molar-refractivity contribution in [2.24, 2.45) is 11.8 Å². The van der Waals surface area contributed by atoms with E-state index in [0.717, 1.165) is 25.7 Å². The fourth-order valence-electron chi connectivity index (χ4n) is 5.44. The molecule has 0 saturated heterocycles. The Labute approximate surface area is 229 Å². The van der Waals surface area contributed by atoms with Crippen molar-refractivity contribution in [1.82, 2.24) is 0 Å². The molecule has 0 bridgehead atoms. The van der Waals surface area contributed by atoms with Gasteiger partial charge in [-0.25, -0.2) is 13.6 Å². The Kier molecular flexibility index (Phi) is 10.9. The molecule has 1 aliphatic rings. The van der Waals surface area contributed by atoms with Gasteiger partial charge in [0.1, 0.15) is 17.4 Å². The molecule has 39 heavy (non-hydrogen) atoms. The molecule has 0 heterocycles. The van der Waals surface area contributed by atoms with Crippen LogP contribution in [0.5, 0.6) is 5.75 Å². The van der Waals surface area contributed by atoms with Crippen molar-refractivity contribution in [3.8, 4) is 5.75 Å². The zero-order chi connectivity index (χ0) is 28.5. The van der Waals surface area contributed by atoms with Gasteiger partial charge in [-0.1, -0.05) is 40.0 Å². The average Bonchev–Trinajstić information content (AvgIpc) is 2.89. The number of aliphatic carboxylic acids is 1. The first-order valence-corrected chi connectivity index (χ1v) is 13.9. The number of hydrogen-bond acceptors (Lipinski definition) is 4. The summed E-state index contributed by atoms with van der Waals surface area (Å²) in [4.78, 5) is 24.4. The van der Waals surface area contributed by atoms with Crippen molar-refractivity contribution in [2.75, 3.05) is 22.6 Å². The van der Waals surface area contributed by atoms with Gasteiger partial charge in [0, 0.05) is 12.1 Å². The van der Waals surface area contributed by atoms with Gasteiger partial charge in [0.05, 0.1) is 30.1 Å². The Morgan fingerprint density at radius 1 is 0.974 bits per heavy atom. The molecule has 1 aliphatic carbocycles. The molecule has 0 aliphatic heterocycles. The molecule has 0 spiro atoms. The summed E-state index contributed by atoms with van der Waals surface area (Å²) in [5.74, 6) is -1.76. The number of nitrogens with one attached hydrogen (secondary N) is 3. The van der Waals surface area contributed by atoms with E-state index in [-0.39, 0.29) is 29.6 Å². The summed E-state index contributed by atoms with van der Waals surface area (Å²) in [7, 11) is 0. The summed E-state index contributed by atoms with van der Waals surface area (Å²) in [5.41, 5.74) is 0.896. The maximum Gasteiger partial charge on any atom is 0.323 e. The van der Waals surface area contributed by atoms with Crippen LogP contribution in [0, 0.1) is 23.5 Å². The number of carbonyl (C=O) groups excluding carboxylic acids is 1. The highest BCUT2D eigenvalue weighted by Crippen LogP contribution is 2.37. The number of ether oxygens (including phenoxy) is 1. The van der Waals surface area contributed by atoms with Gasteiger partial charge in [-0.05, 0) is 73.8 Å². The number of amides is 2. The second-order valence-corrected chi connectivity index (χ2v) is 10.6. The van der Waals surface area contributed by atoms with Gasteiger partial charge in [-0.3, -0.25) is 4.79 Å².